The fraction of sp³-hybridized carbons (Fsp3) is 0.727. The quantitative estimate of drug-likeness (QED) is 0.884. The summed E-state index contributed by atoms with van der Waals surface area (Å²) < 4.78 is 24.4. The lowest BCUT2D eigenvalue weighted by Crippen LogP contribution is -2.29. The molecule has 0 spiro atoms. The number of sulfonamides is 1. The minimum absolute atomic E-state index is 0.295. The molecule has 0 unspecified atom stereocenters. The molecule has 0 atom stereocenters. The van der Waals surface area contributed by atoms with E-state index in [2.05, 4.69) is 14.6 Å². The van der Waals surface area contributed by atoms with Gasteiger partial charge < -0.3 is 0 Å². The molecule has 1 saturated heterocycles. The Morgan fingerprint density at radius 2 is 2.11 bits per heavy atom. The maximum absolute atomic E-state index is 11.0. The lowest BCUT2D eigenvalue weighted by atomic mass is 10.1. The molecule has 0 aliphatic carbocycles. The molecule has 0 radical (unpaired) electrons. The van der Waals surface area contributed by atoms with E-state index >= 15 is 0 Å². The summed E-state index contributed by atoms with van der Waals surface area (Å²) in [6.45, 7) is 3.47. The second kappa shape index (κ2) is 6.10. The third kappa shape index (κ3) is 4.64. The topological polar surface area (TPSA) is 62.3 Å². The molecule has 1 N–H and O–H groups in total. The van der Waals surface area contributed by atoms with E-state index in [4.69, 9.17) is 0 Å². The highest BCUT2D eigenvalue weighted by Crippen LogP contribution is 2.15. The normalized spacial score (nSPS) is 18.1. The van der Waals surface area contributed by atoms with Crippen LogP contribution in [-0.2, 0) is 23.1 Å². The first-order valence-corrected chi connectivity index (χ1v) is 8.90. The fourth-order valence-corrected chi connectivity index (χ4v) is 3.26. The number of hydrogen-bond donors (Lipinski definition) is 1. The minimum Gasteiger partial charge on any atom is -0.297 e. The highest BCUT2D eigenvalue weighted by molar-refractivity contribution is 7.88. The van der Waals surface area contributed by atoms with Crippen LogP contribution in [0.4, 0.5) is 0 Å². The maximum atomic E-state index is 11.0. The van der Waals surface area contributed by atoms with Crippen LogP contribution >= 0.6 is 11.3 Å². The largest absolute Gasteiger partial charge is 0.297 e. The van der Waals surface area contributed by atoms with E-state index in [1.165, 1.54) is 30.6 Å². The van der Waals surface area contributed by atoms with Crippen molar-refractivity contribution < 1.29 is 8.42 Å². The summed E-state index contributed by atoms with van der Waals surface area (Å²) in [4.78, 5) is 6.87. The fourth-order valence-electron chi connectivity index (χ4n) is 2.04. The molecule has 0 aromatic carbocycles. The average Bonchev–Trinajstić information content (AvgIpc) is 2.75. The highest BCUT2D eigenvalue weighted by Gasteiger charge is 2.12. The molecule has 2 rings (SSSR count). The Morgan fingerprint density at radius 1 is 1.39 bits per heavy atom. The van der Waals surface area contributed by atoms with Crippen molar-refractivity contribution in [2.24, 2.45) is 0 Å². The van der Waals surface area contributed by atoms with Gasteiger partial charge in [0.15, 0.2) is 0 Å². The van der Waals surface area contributed by atoms with Crippen LogP contribution in [0, 0.1) is 0 Å². The lowest BCUT2D eigenvalue weighted by molar-refractivity contribution is 0.219. The summed E-state index contributed by atoms with van der Waals surface area (Å²) in [6, 6.07) is 0. The number of likely N-dealkylation sites (tertiary alicyclic amines) is 1. The zero-order valence-electron chi connectivity index (χ0n) is 10.6. The van der Waals surface area contributed by atoms with E-state index in [0.29, 0.717) is 6.54 Å². The second-order valence-corrected chi connectivity index (χ2v) is 7.44. The smallest absolute Gasteiger partial charge is 0.209 e. The van der Waals surface area contributed by atoms with Crippen molar-refractivity contribution in [2.75, 3.05) is 19.3 Å². The van der Waals surface area contributed by atoms with E-state index in [0.717, 1.165) is 36.6 Å². The van der Waals surface area contributed by atoms with E-state index < -0.39 is 10.0 Å². The van der Waals surface area contributed by atoms with Crippen molar-refractivity contribution in [3.05, 3.63) is 16.1 Å². The van der Waals surface area contributed by atoms with Crippen LogP contribution in [-0.4, -0.2) is 37.6 Å². The molecule has 1 aliphatic heterocycles. The maximum Gasteiger partial charge on any atom is 0.209 e. The number of nitrogens with one attached hydrogen (secondary N) is 1. The summed E-state index contributed by atoms with van der Waals surface area (Å²) in [5, 5.41) is 2.85. The highest BCUT2D eigenvalue weighted by atomic mass is 32.2. The van der Waals surface area contributed by atoms with Gasteiger partial charge in [-0.15, -0.1) is 11.3 Å². The summed E-state index contributed by atoms with van der Waals surface area (Å²) in [7, 11) is -3.13. The van der Waals surface area contributed by atoms with Gasteiger partial charge in [0.1, 0.15) is 5.01 Å². The molecule has 102 valence electrons. The zero-order valence-corrected chi connectivity index (χ0v) is 12.2. The Labute approximate surface area is 112 Å². The minimum atomic E-state index is -3.13. The third-order valence-corrected chi connectivity index (χ3v) is 4.49. The molecule has 2 heterocycles. The van der Waals surface area contributed by atoms with Gasteiger partial charge in [0.2, 0.25) is 10.0 Å². The number of hydrogen-bond acceptors (Lipinski definition) is 5. The third-order valence-electron chi connectivity index (χ3n) is 2.92. The molecule has 1 fully saturated rings. The van der Waals surface area contributed by atoms with Gasteiger partial charge in [-0.1, -0.05) is 6.42 Å². The molecule has 18 heavy (non-hydrogen) atoms. The van der Waals surface area contributed by atoms with E-state index in [1.807, 2.05) is 5.38 Å². The standard InChI is InChI=1S/C11H19N3O2S2/c1-18(15,16)12-7-11-13-10(9-17-11)8-14-5-3-2-4-6-14/h9,12H,2-8H2,1H3. The Hall–Kier alpha value is -0.500. The molecular formula is C11H19N3O2S2. The lowest BCUT2D eigenvalue weighted by Gasteiger charge is -2.25. The van der Waals surface area contributed by atoms with E-state index in [9.17, 15) is 8.42 Å². The molecule has 0 amide bonds. The first-order valence-electron chi connectivity index (χ1n) is 6.13. The first kappa shape index (κ1) is 13.9. The van der Waals surface area contributed by atoms with Crippen molar-refractivity contribution in [1.29, 1.82) is 0 Å². The van der Waals surface area contributed by atoms with Gasteiger partial charge in [0.05, 0.1) is 18.5 Å². The van der Waals surface area contributed by atoms with Gasteiger partial charge in [-0.3, -0.25) is 4.90 Å². The summed E-state index contributed by atoms with van der Waals surface area (Å²) in [5.41, 5.74) is 1.05. The summed E-state index contributed by atoms with van der Waals surface area (Å²) >= 11 is 1.51. The van der Waals surface area contributed by atoms with Gasteiger partial charge in [0.25, 0.3) is 0 Å². The second-order valence-electron chi connectivity index (χ2n) is 4.66. The van der Waals surface area contributed by atoms with Crippen LogP contribution < -0.4 is 4.72 Å². The van der Waals surface area contributed by atoms with Crippen LogP contribution in [0.15, 0.2) is 5.38 Å². The van der Waals surface area contributed by atoms with Gasteiger partial charge >= 0.3 is 0 Å². The molecule has 0 saturated carbocycles. The van der Waals surface area contributed by atoms with E-state index in [1.54, 1.807) is 0 Å². The molecular weight excluding hydrogens is 270 g/mol. The van der Waals surface area contributed by atoms with Gasteiger partial charge in [-0.25, -0.2) is 18.1 Å². The molecule has 7 heteroatoms. The number of piperidine rings is 1. The summed E-state index contributed by atoms with van der Waals surface area (Å²) in [5.74, 6) is 0. The van der Waals surface area contributed by atoms with Crippen LogP contribution in [0.1, 0.15) is 30.0 Å². The number of thiazole rings is 1. The van der Waals surface area contributed by atoms with Crippen LogP contribution in [0.2, 0.25) is 0 Å². The molecule has 0 bridgehead atoms. The molecule has 1 aromatic rings. The van der Waals surface area contributed by atoms with Gasteiger partial charge in [-0.2, -0.15) is 0 Å². The Bertz CT molecular complexity index is 478. The van der Waals surface area contributed by atoms with Gasteiger partial charge in [-0.05, 0) is 25.9 Å². The van der Waals surface area contributed by atoms with Crippen molar-refractivity contribution in [2.45, 2.75) is 32.4 Å². The molecule has 1 aliphatic rings. The molecule has 1 aromatic heterocycles. The number of aromatic nitrogens is 1. The van der Waals surface area contributed by atoms with Crippen LogP contribution in [0.3, 0.4) is 0 Å². The van der Waals surface area contributed by atoms with Crippen molar-refractivity contribution in [3.63, 3.8) is 0 Å². The number of nitrogens with zero attached hydrogens (tertiary/aromatic N) is 2. The van der Waals surface area contributed by atoms with Crippen molar-refractivity contribution in [1.82, 2.24) is 14.6 Å². The van der Waals surface area contributed by atoms with Crippen molar-refractivity contribution in [3.8, 4) is 0 Å². The van der Waals surface area contributed by atoms with Crippen molar-refractivity contribution >= 4 is 21.4 Å². The number of rotatable bonds is 5. The summed E-state index contributed by atoms with van der Waals surface area (Å²) in [6.07, 6.45) is 5.03. The monoisotopic (exact) mass is 289 g/mol. The first-order chi connectivity index (χ1) is 8.53. The Balaban J connectivity index is 1.85. The SMILES string of the molecule is CS(=O)(=O)NCc1nc(CN2CCCCC2)cs1. The van der Waals surface area contributed by atoms with Gasteiger partial charge in [0, 0.05) is 11.9 Å². The Kier molecular flexibility index (Phi) is 4.71. The predicted octanol–water partition coefficient (Wildman–Crippen LogP) is 1.18. The van der Waals surface area contributed by atoms with E-state index in [-0.39, 0.29) is 0 Å². The van der Waals surface area contributed by atoms with Crippen LogP contribution in [0.5, 0.6) is 0 Å². The van der Waals surface area contributed by atoms with Crippen LogP contribution in [0.25, 0.3) is 0 Å². The predicted molar refractivity (Wildman–Crippen MR) is 72.9 cm³/mol. The zero-order chi connectivity index (χ0) is 13.0. The Morgan fingerprint density at radius 3 is 2.78 bits per heavy atom. The molecule has 5 nitrogen and oxygen atoms in total. The average molecular weight is 289 g/mol.